The molecule has 0 amide bonds. The molecule has 0 radical (unpaired) electrons. The lowest BCUT2D eigenvalue weighted by Gasteiger charge is -2.48. The van der Waals surface area contributed by atoms with E-state index in [9.17, 15) is 0 Å². The van der Waals surface area contributed by atoms with Crippen LogP contribution in [0.1, 0.15) is 52.4 Å². The van der Waals surface area contributed by atoms with Crippen molar-refractivity contribution in [3.8, 4) is 0 Å². The molecule has 0 aromatic carbocycles. The number of fused-ring (bicyclic) bond motifs is 4. The predicted molar refractivity (Wildman–Crippen MR) is 85.0 cm³/mol. The van der Waals surface area contributed by atoms with Crippen molar-refractivity contribution in [1.82, 2.24) is 0 Å². The van der Waals surface area contributed by atoms with E-state index in [2.05, 4.69) is 26.9 Å². The molecule has 0 spiro atoms. The summed E-state index contributed by atoms with van der Waals surface area (Å²) in [6.07, 6.45) is 9.53. The fourth-order valence-corrected chi connectivity index (χ4v) is 14.7. The van der Waals surface area contributed by atoms with Gasteiger partial charge >= 0.3 is 0 Å². The van der Waals surface area contributed by atoms with Crippen LogP contribution in [0.3, 0.4) is 0 Å². The van der Waals surface area contributed by atoms with Gasteiger partial charge in [0.25, 0.3) is 0 Å². The van der Waals surface area contributed by atoms with Gasteiger partial charge in [-0.25, -0.2) is 0 Å². The minimum absolute atomic E-state index is 1.07. The highest BCUT2D eigenvalue weighted by atomic mass is 28.3. The van der Waals surface area contributed by atoms with Crippen LogP contribution in [-0.2, 0) is 0 Å². The molecular weight excluding hydrogens is 244 g/mol. The zero-order valence-corrected chi connectivity index (χ0v) is 14.4. The second-order valence-electron chi connectivity index (χ2n) is 9.26. The summed E-state index contributed by atoms with van der Waals surface area (Å²) < 4.78 is 0. The molecule has 4 rings (SSSR count). The van der Waals surface area contributed by atoms with E-state index in [1.54, 1.807) is 38.5 Å². The number of rotatable bonds is 2. The minimum Gasteiger partial charge on any atom is -0.0689 e. The summed E-state index contributed by atoms with van der Waals surface area (Å²) in [5.74, 6) is 6.69. The Hall–Kier alpha value is 0.217. The normalized spacial score (nSPS) is 56.2. The van der Waals surface area contributed by atoms with Crippen LogP contribution in [0.15, 0.2) is 0 Å². The second kappa shape index (κ2) is 4.12. The zero-order valence-electron chi connectivity index (χ0n) is 13.4. The predicted octanol–water partition coefficient (Wildman–Crippen LogP) is 5.57. The summed E-state index contributed by atoms with van der Waals surface area (Å²) in [5.41, 5.74) is 2.36. The molecule has 0 aromatic heterocycles. The Morgan fingerprint density at radius 2 is 1.00 bits per heavy atom. The van der Waals surface area contributed by atoms with Crippen LogP contribution in [0.5, 0.6) is 0 Å². The number of hydrogen-bond acceptors (Lipinski definition) is 0. The highest BCUT2D eigenvalue weighted by Crippen LogP contribution is 2.66. The van der Waals surface area contributed by atoms with Crippen LogP contribution >= 0.6 is 0 Å². The Kier molecular flexibility index (Phi) is 2.80. The molecule has 1 heteroatoms. The third-order valence-corrected chi connectivity index (χ3v) is 13.8. The molecule has 0 saturated heterocycles. The van der Waals surface area contributed by atoms with Gasteiger partial charge in [0.2, 0.25) is 0 Å². The fourth-order valence-electron chi connectivity index (χ4n) is 7.95. The smallest absolute Gasteiger partial charge is 0.0546 e. The van der Waals surface area contributed by atoms with E-state index in [4.69, 9.17) is 0 Å². The largest absolute Gasteiger partial charge is 0.0689 e. The van der Waals surface area contributed by atoms with E-state index in [-0.39, 0.29) is 0 Å². The molecule has 108 valence electrons. The molecule has 8 atom stereocenters. The first kappa shape index (κ1) is 12.9. The SMILES string of the molecule is CC1C2CCC(C2)C1[Si](C)(C)C1C2CCC(C2)C1C. The highest BCUT2D eigenvalue weighted by molar-refractivity contribution is 6.80. The maximum absolute atomic E-state index is 2.80. The molecular formula is C18H32Si. The summed E-state index contributed by atoms with van der Waals surface area (Å²) in [6, 6.07) is 0. The van der Waals surface area contributed by atoms with E-state index in [0.717, 1.165) is 35.5 Å². The molecule has 4 aliphatic carbocycles. The van der Waals surface area contributed by atoms with Crippen molar-refractivity contribution in [2.24, 2.45) is 35.5 Å². The summed E-state index contributed by atoms with van der Waals surface area (Å²) in [5, 5.41) is 0. The summed E-state index contributed by atoms with van der Waals surface area (Å²) >= 11 is 0. The first-order valence-electron chi connectivity index (χ1n) is 9.00. The molecule has 0 heterocycles. The van der Waals surface area contributed by atoms with Gasteiger partial charge in [0.1, 0.15) is 0 Å². The van der Waals surface area contributed by atoms with E-state index >= 15 is 0 Å². The molecule has 0 nitrogen and oxygen atoms in total. The van der Waals surface area contributed by atoms with Crippen LogP contribution in [-0.4, -0.2) is 8.07 Å². The molecule has 0 aromatic rings. The maximum atomic E-state index is 2.80. The summed E-state index contributed by atoms with van der Waals surface area (Å²) in [4.78, 5) is 0. The topological polar surface area (TPSA) is 0 Å². The van der Waals surface area contributed by atoms with Crippen LogP contribution in [0.4, 0.5) is 0 Å². The fraction of sp³-hybridized carbons (Fsp3) is 1.00. The Labute approximate surface area is 120 Å². The first-order chi connectivity index (χ1) is 9.00. The van der Waals surface area contributed by atoms with Gasteiger partial charge in [-0.3, -0.25) is 0 Å². The molecule has 4 fully saturated rings. The first-order valence-corrected chi connectivity index (χ1v) is 12.2. The molecule has 19 heavy (non-hydrogen) atoms. The van der Waals surface area contributed by atoms with Gasteiger partial charge in [0.05, 0.1) is 8.07 Å². The van der Waals surface area contributed by atoms with Gasteiger partial charge in [-0.15, -0.1) is 0 Å². The van der Waals surface area contributed by atoms with Crippen LogP contribution < -0.4 is 0 Å². The van der Waals surface area contributed by atoms with Crippen LogP contribution in [0, 0.1) is 35.5 Å². The molecule has 8 unspecified atom stereocenters. The van der Waals surface area contributed by atoms with E-state index in [1.807, 2.05) is 0 Å². The third-order valence-electron chi connectivity index (χ3n) is 8.38. The lowest BCUT2D eigenvalue weighted by Crippen LogP contribution is -2.47. The monoisotopic (exact) mass is 276 g/mol. The Morgan fingerprint density at radius 3 is 1.32 bits per heavy atom. The van der Waals surface area contributed by atoms with Crippen molar-refractivity contribution in [2.75, 3.05) is 0 Å². The maximum Gasteiger partial charge on any atom is 0.0546 e. The minimum atomic E-state index is -1.07. The van der Waals surface area contributed by atoms with Gasteiger partial charge < -0.3 is 0 Å². The second-order valence-corrected chi connectivity index (χ2v) is 14.2. The van der Waals surface area contributed by atoms with Crippen molar-refractivity contribution in [3.05, 3.63) is 0 Å². The summed E-state index contributed by atoms with van der Waals surface area (Å²) in [6.45, 7) is 10.9. The van der Waals surface area contributed by atoms with Crippen LogP contribution in [0.2, 0.25) is 24.2 Å². The highest BCUT2D eigenvalue weighted by Gasteiger charge is 2.59. The van der Waals surface area contributed by atoms with Crippen molar-refractivity contribution >= 4 is 8.07 Å². The average molecular weight is 277 g/mol. The zero-order chi connectivity index (χ0) is 13.4. The standard InChI is InChI=1S/C18H32Si/c1-11-13-5-7-15(9-13)17(11)19(3,4)18-12(2)14-6-8-16(18)10-14/h11-18H,5-10H2,1-4H3. The molecule has 4 bridgehead atoms. The van der Waals surface area contributed by atoms with Crippen molar-refractivity contribution in [3.63, 3.8) is 0 Å². The summed E-state index contributed by atoms with van der Waals surface area (Å²) in [7, 11) is -1.07. The molecule has 4 saturated carbocycles. The number of hydrogen-bond donors (Lipinski definition) is 0. The van der Waals surface area contributed by atoms with E-state index in [0.29, 0.717) is 0 Å². The van der Waals surface area contributed by atoms with Crippen molar-refractivity contribution in [2.45, 2.75) is 76.5 Å². The lowest BCUT2D eigenvalue weighted by atomic mass is 9.89. The van der Waals surface area contributed by atoms with E-state index in [1.165, 1.54) is 11.1 Å². The molecule has 0 N–H and O–H groups in total. The quantitative estimate of drug-likeness (QED) is 0.579. The van der Waals surface area contributed by atoms with Crippen LogP contribution in [0.25, 0.3) is 0 Å². The third kappa shape index (κ3) is 1.63. The van der Waals surface area contributed by atoms with Crippen molar-refractivity contribution < 1.29 is 0 Å². The Balaban J connectivity index is 1.62. The Bertz CT molecular complexity index is 336. The molecule has 0 aliphatic heterocycles. The van der Waals surface area contributed by atoms with Gasteiger partial charge in [-0.05, 0) is 72.3 Å². The average Bonchev–Trinajstić information content (AvgIpc) is 3.05. The lowest BCUT2D eigenvalue weighted by molar-refractivity contribution is 0.319. The van der Waals surface area contributed by atoms with Gasteiger partial charge in [-0.1, -0.05) is 39.8 Å². The van der Waals surface area contributed by atoms with Gasteiger partial charge in [0.15, 0.2) is 0 Å². The van der Waals surface area contributed by atoms with Crippen molar-refractivity contribution in [1.29, 1.82) is 0 Å². The van der Waals surface area contributed by atoms with Gasteiger partial charge in [0, 0.05) is 0 Å². The Morgan fingerprint density at radius 1 is 0.632 bits per heavy atom. The van der Waals surface area contributed by atoms with Gasteiger partial charge in [-0.2, -0.15) is 0 Å². The van der Waals surface area contributed by atoms with E-state index < -0.39 is 8.07 Å². The molecule has 4 aliphatic rings.